The van der Waals surface area contributed by atoms with E-state index in [1.807, 2.05) is 6.07 Å². The molecular weight excluding hydrogens is 484 g/mol. The van der Waals surface area contributed by atoms with Gasteiger partial charge in [-0.15, -0.1) is 0 Å². The predicted molar refractivity (Wildman–Crippen MR) is 139 cm³/mol. The summed E-state index contributed by atoms with van der Waals surface area (Å²) in [6.45, 7) is 0. The van der Waals surface area contributed by atoms with Crippen LogP contribution in [-0.4, -0.2) is 33.2 Å². The van der Waals surface area contributed by atoms with Gasteiger partial charge in [0.1, 0.15) is 0 Å². The Balaban J connectivity index is 1.40. The fourth-order valence-electron chi connectivity index (χ4n) is 3.65. The molecule has 176 valence electrons. The van der Waals surface area contributed by atoms with Gasteiger partial charge in [0.15, 0.2) is 5.16 Å². The molecule has 3 aromatic carbocycles. The molecule has 1 aliphatic rings. The molecule has 9 heteroatoms. The average molecular weight is 505 g/mol. The molecule has 1 heterocycles. The largest absolute Gasteiger partial charge is 0.349 e. The summed E-state index contributed by atoms with van der Waals surface area (Å²) in [5.41, 5.74) is 1.71. The highest BCUT2D eigenvalue weighted by atomic mass is 35.5. The van der Waals surface area contributed by atoms with E-state index in [-0.39, 0.29) is 29.2 Å². The highest BCUT2D eigenvalue weighted by molar-refractivity contribution is 7.99. The molecule has 1 aliphatic carbocycles. The van der Waals surface area contributed by atoms with Gasteiger partial charge in [-0.25, -0.2) is 4.98 Å². The summed E-state index contributed by atoms with van der Waals surface area (Å²) in [5.74, 6) is -0.534. The lowest BCUT2D eigenvalue weighted by Gasteiger charge is -2.14. The second-order valence-corrected chi connectivity index (χ2v) is 9.54. The van der Waals surface area contributed by atoms with E-state index in [9.17, 15) is 14.4 Å². The van der Waals surface area contributed by atoms with Crippen molar-refractivity contribution in [1.29, 1.82) is 0 Å². The smallest absolute Gasteiger partial charge is 0.266 e. The third kappa shape index (κ3) is 5.23. The van der Waals surface area contributed by atoms with Crippen molar-refractivity contribution in [1.82, 2.24) is 14.9 Å². The lowest BCUT2D eigenvalue weighted by molar-refractivity contribution is -0.113. The molecular formula is C26H21ClN4O3S. The molecule has 2 N–H and O–H groups in total. The van der Waals surface area contributed by atoms with Gasteiger partial charge in [-0.3, -0.25) is 19.0 Å². The quantitative estimate of drug-likeness (QED) is 0.282. The van der Waals surface area contributed by atoms with Gasteiger partial charge in [0.25, 0.3) is 11.5 Å². The van der Waals surface area contributed by atoms with Crippen molar-refractivity contribution < 1.29 is 9.59 Å². The zero-order chi connectivity index (χ0) is 24.4. The normalized spacial score (nSPS) is 12.9. The van der Waals surface area contributed by atoms with Crippen molar-refractivity contribution in [3.63, 3.8) is 0 Å². The molecule has 35 heavy (non-hydrogen) atoms. The Bertz CT molecular complexity index is 1500. The van der Waals surface area contributed by atoms with Crippen LogP contribution in [0.4, 0.5) is 5.69 Å². The van der Waals surface area contributed by atoms with Gasteiger partial charge in [-0.1, -0.05) is 53.7 Å². The zero-order valence-corrected chi connectivity index (χ0v) is 20.1. The van der Waals surface area contributed by atoms with E-state index in [0.717, 1.165) is 24.6 Å². The summed E-state index contributed by atoms with van der Waals surface area (Å²) in [6, 6.07) is 21.1. The molecule has 0 unspecified atom stereocenters. The third-order valence-corrected chi connectivity index (χ3v) is 6.68. The van der Waals surface area contributed by atoms with E-state index >= 15 is 0 Å². The summed E-state index contributed by atoms with van der Waals surface area (Å²) < 4.78 is 1.46. The van der Waals surface area contributed by atoms with E-state index in [2.05, 4.69) is 15.6 Å². The molecule has 0 bridgehead atoms. The van der Waals surface area contributed by atoms with Crippen LogP contribution in [0.15, 0.2) is 82.7 Å². The van der Waals surface area contributed by atoms with Crippen LogP contribution in [0, 0.1) is 0 Å². The summed E-state index contributed by atoms with van der Waals surface area (Å²) in [5, 5.41) is 7.08. The highest BCUT2D eigenvalue weighted by Gasteiger charge is 2.25. The Morgan fingerprint density at radius 2 is 1.80 bits per heavy atom. The predicted octanol–water partition coefficient (Wildman–Crippen LogP) is 4.66. The minimum Gasteiger partial charge on any atom is -0.349 e. The maximum Gasteiger partial charge on any atom is 0.266 e. The number of nitrogens with zero attached hydrogens (tertiary/aromatic N) is 2. The number of anilines is 1. The van der Waals surface area contributed by atoms with E-state index in [0.29, 0.717) is 38.0 Å². The molecule has 4 aromatic rings. The lowest BCUT2D eigenvalue weighted by atomic mass is 10.1. The number of carbonyl (C=O) groups excluding carboxylic acids is 2. The van der Waals surface area contributed by atoms with Crippen LogP contribution < -0.4 is 16.2 Å². The number of hydrogen-bond acceptors (Lipinski definition) is 5. The molecule has 0 atom stereocenters. The van der Waals surface area contributed by atoms with Gasteiger partial charge in [-0.2, -0.15) is 0 Å². The van der Waals surface area contributed by atoms with Crippen LogP contribution >= 0.6 is 23.4 Å². The Hall–Kier alpha value is -3.62. The maximum atomic E-state index is 13.3. The van der Waals surface area contributed by atoms with Crippen LogP contribution in [-0.2, 0) is 4.79 Å². The topological polar surface area (TPSA) is 93.1 Å². The van der Waals surface area contributed by atoms with E-state index in [1.54, 1.807) is 66.7 Å². The molecule has 2 amide bonds. The fourth-order valence-corrected chi connectivity index (χ4v) is 4.65. The number of para-hydroxylation sites is 2. The Morgan fingerprint density at radius 3 is 2.60 bits per heavy atom. The average Bonchev–Trinajstić information content (AvgIpc) is 3.67. The van der Waals surface area contributed by atoms with E-state index < -0.39 is 0 Å². The lowest BCUT2D eigenvalue weighted by Crippen LogP contribution is -2.27. The first-order valence-electron chi connectivity index (χ1n) is 11.1. The molecule has 0 saturated heterocycles. The van der Waals surface area contributed by atoms with Gasteiger partial charge < -0.3 is 10.6 Å². The number of carbonyl (C=O) groups is 2. The number of halogens is 1. The number of aromatic nitrogens is 2. The maximum absolute atomic E-state index is 13.3. The monoisotopic (exact) mass is 504 g/mol. The van der Waals surface area contributed by atoms with Crippen LogP contribution in [0.2, 0.25) is 5.02 Å². The van der Waals surface area contributed by atoms with Crippen molar-refractivity contribution in [3.05, 3.63) is 93.7 Å². The fraction of sp³-hybridized carbons (Fsp3) is 0.154. The summed E-state index contributed by atoms with van der Waals surface area (Å²) in [6.07, 6.45) is 1.95. The van der Waals surface area contributed by atoms with E-state index in [4.69, 9.17) is 11.6 Å². The molecule has 0 aliphatic heterocycles. The second-order valence-electron chi connectivity index (χ2n) is 8.16. The van der Waals surface area contributed by atoms with Gasteiger partial charge >= 0.3 is 0 Å². The summed E-state index contributed by atoms with van der Waals surface area (Å²) >= 11 is 7.31. The standard InChI is InChI=1S/C26H21ClN4O3S/c27-16-6-5-7-18(14-16)31-25(34)20-9-2-4-11-22(20)30-26(31)35-15-23(32)29-21-10-3-1-8-19(21)24(33)28-17-12-13-17/h1-11,14,17H,12-13,15H2,(H,28,33)(H,29,32). The minimum atomic E-state index is -0.318. The first kappa shape index (κ1) is 23.1. The van der Waals surface area contributed by atoms with Crippen molar-refractivity contribution in [2.45, 2.75) is 24.0 Å². The number of fused-ring (bicyclic) bond motifs is 1. The number of hydrogen-bond donors (Lipinski definition) is 2. The van der Waals surface area contributed by atoms with Gasteiger partial charge in [0.05, 0.1) is 33.6 Å². The Morgan fingerprint density at radius 1 is 1.03 bits per heavy atom. The second kappa shape index (κ2) is 9.93. The van der Waals surface area contributed by atoms with Gasteiger partial charge in [0, 0.05) is 11.1 Å². The molecule has 0 radical (unpaired) electrons. The number of thioether (sulfide) groups is 1. The first-order chi connectivity index (χ1) is 17.0. The van der Waals surface area contributed by atoms with Crippen molar-refractivity contribution in [2.75, 3.05) is 11.1 Å². The van der Waals surface area contributed by atoms with Crippen LogP contribution in [0.5, 0.6) is 0 Å². The van der Waals surface area contributed by atoms with Crippen LogP contribution in [0.1, 0.15) is 23.2 Å². The van der Waals surface area contributed by atoms with Gasteiger partial charge in [-0.05, 0) is 55.3 Å². The third-order valence-electron chi connectivity index (χ3n) is 5.50. The SMILES string of the molecule is O=C(CSc1nc2ccccc2c(=O)n1-c1cccc(Cl)c1)Nc1ccccc1C(=O)NC1CC1. The van der Waals surface area contributed by atoms with Crippen molar-refractivity contribution >= 4 is 51.8 Å². The Kier molecular flexibility index (Phi) is 6.57. The molecule has 0 spiro atoms. The summed E-state index contributed by atoms with van der Waals surface area (Å²) in [7, 11) is 0. The molecule has 5 rings (SSSR count). The molecule has 1 saturated carbocycles. The highest BCUT2D eigenvalue weighted by Crippen LogP contribution is 2.24. The first-order valence-corrected chi connectivity index (χ1v) is 12.5. The Labute approximate surface area is 210 Å². The van der Waals surface area contributed by atoms with Crippen LogP contribution in [0.25, 0.3) is 16.6 Å². The van der Waals surface area contributed by atoms with Crippen molar-refractivity contribution in [2.24, 2.45) is 0 Å². The molecule has 1 fully saturated rings. The van der Waals surface area contributed by atoms with Crippen LogP contribution in [0.3, 0.4) is 0 Å². The number of amides is 2. The summed E-state index contributed by atoms with van der Waals surface area (Å²) in [4.78, 5) is 43.4. The number of nitrogens with one attached hydrogen (secondary N) is 2. The number of benzene rings is 3. The van der Waals surface area contributed by atoms with Crippen molar-refractivity contribution in [3.8, 4) is 5.69 Å². The van der Waals surface area contributed by atoms with E-state index in [1.165, 1.54) is 4.57 Å². The zero-order valence-electron chi connectivity index (χ0n) is 18.5. The number of rotatable bonds is 7. The molecule has 1 aromatic heterocycles. The molecule has 7 nitrogen and oxygen atoms in total. The minimum absolute atomic E-state index is 0.01000. The van der Waals surface area contributed by atoms with Gasteiger partial charge in [0.2, 0.25) is 5.91 Å².